The van der Waals surface area contributed by atoms with Crippen molar-refractivity contribution in [2.24, 2.45) is 5.92 Å². The summed E-state index contributed by atoms with van der Waals surface area (Å²) in [7, 11) is 0. The first kappa shape index (κ1) is 14.5. The average Bonchev–Trinajstić information content (AvgIpc) is 2.40. The Morgan fingerprint density at radius 3 is 2.56 bits per heavy atom. The summed E-state index contributed by atoms with van der Waals surface area (Å²) in [6, 6.07) is 3.45. The van der Waals surface area contributed by atoms with E-state index < -0.39 is 0 Å². The van der Waals surface area contributed by atoms with Gasteiger partial charge in [-0.3, -0.25) is 4.79 Å². The van der Waals surface area contributed by atoms with E-state index in [-0.39, 0.29) is 5.91 Å². The molecule has 1 aromatic heterocycles. The van der Waals surface area contributed by atoms with Crippen molar-refractivity contribution in [3.8, 4) is 0 Å². The number of anilines is 1. The molecule has 4 heteroatoms. The van der Waals surface area contributed by atoms with Crippen molar-refractivity contribution in [1.29, 1.82) is 0 Å². The van der Waals surface area contributed by atoms with Crippen molar-refractivity contribution >= 4 is 11.6 Å². The third-order valence-corrected chi connectivity index (χ3v) is 3.34. The van der Waals surface area contributed by atoms with E-state index in [4.69, 9.17) is 5.73 Å². The van der Waals surface area contributed by atoms with Gasteiger partial charge in [-0.05, 0) is 25.0 Å². The Hall–Kier alpha value is -1.58. The smallest absolute Gasteiger partial charge is 0.274 e. The van der Waals surface area contributed by atoms with Gasteiger partial charge in [-0.25, -0.2) is 4.98 Å². The zero-order chi connectivity index (χ0) is 13.5. The van der Waals surface area contributed by atoms with Crippen molar-refractivity contribution < 1.29 is 4.79 Å². The Labute approximate surface area is 109 Å². The highest BCUT2D eigenvalue weighted by atomic mass is 16.2. The first-order valence-corrected chi connectivity index (χ1v) is 6.63. The van der Waals surface area contributed by atoms with Gasteiger partial charge in [0.2, 0.25) is 0 Å². The highest BCUT2D eigenvalue weighted by molar-refractivity contribution is 5.97. The molecule has 0 unspecified atom stereocenters. The number of carbonyl (C=O) groups is 1. The molecule has 1 heterocycles. The number of aromatic nitrogens is 1. The van der Waals surface area contributed by atoms with Crippen LogP contribution in [0.2, 0.25) is 0 Å². The normalized spacial score (nSPS) is 10.7. The lowest BCUT2D eigenvalue weighted by Gasteiger charge is -2.25. The number of nitrogens with zero attached hydrogens (tertiary/aromatic N) is 2. The van der Waals surface area contributed by atoms with Crippen molar-refractivity contribution in [2.75, 3.05) is 18.8 Å². The van der Waals surface area contributed by atoms with Crippen LogP contribution in [0.15, 0.2) is 18.3 Å². The number of carbonyl (C=O) groups excluding carboxylic acids is 1. The van der Waals surface area contributed by atoms with E-state index in [0.29, 0.717) is 23.8 Å². The number of hydrogen-bond donors (Lipinski definition) is 1. The Bertz CT molecular complexity index is 388. The summed E-state index contributed by atoms with van der Waals surface area (Å²) in [5.74, 6) is 0.473. The molecule has 0 radical (unpaired) electrons. The summed E-state index contributed by atoms with van der Waals surface area (Å²) in [6.45, 7) is 7.76. The maximum Gasteiger partial charge on any atom is 0.274 e. The highest BCUT2D eigenvalue weighted by Crippen LogP contribution is 2.14. The van der Waals surface area contributed by atoms with Gasteiger partial charge in [0, 0.05) is 19.3 Å². The molecule has 0 saturated carbocycles. The molecule has 0 atom stereocenters. The Morgan fingerprint density at radius 1 is 1.39 bits per heavy atom. The monoisotopic (exact) mass is 249 g/mol. The molecule has 0 fully saturated rings. The predicted octanol–water partition coefficient (Wildman–Crippen LogP) is 2.56. The summed E-state index contributed by atoms with van der Waals surface area (Å²) >= 11 is 0. The van der Waals surface area contributed by atoms with Crippen molar-refractivity contribution in [3.05, 3.63) is 24.0 Å². The second-order valence-electron chi connectivity index (χ2n) is 4.47. The first-order chi connectivity index (χ1) is 8.63. The topological polar surface area (TPSA) is 59.2 Å². The largest absolute Gasteiger partial charge is 0.397 e. The molecule has 0 aromatic carbocycles. The summed E-state index contributed by atoms with van der Waals surface area (Å²) in [5.41, 5.74) is 6.62. The van der Waals surface area contributed by atoms with Crippen LogP contribution in [-0.2, 0) is 0 Å². The average molecular weight is 249 g/mol. The van der Waals surface area contributed by atoms with Crippen LogP contribution in [0.25, 0.3) is 0 Å². The van der Waals surface area contributed by atoms with Gasteiger partial charge in [0.25, 0.3) is 5.91 Å². The molecule has 0 aliphatic heterocycles. The van der Waals surface area contributed by atoms with Crippen LogP contribution in [0.3, 0.4) is 0 Å². The van der Waals surface area contributed by atoms with Crippen molar-refractivity contribution in [1.82, 2.24) is 9.88 Å². The van der Waals surface area contributed by atoms with Crippen LogP contribution >= 0.6 is 0 Å². The molecule has 1 aromatic rings. The van der Waals surface area contributed by atoms with E-state index in [0.717, 1.165) is 19.4 Å². The lowest BCUT2D eigenvalue weighted by molar-refractivity contribution is 0.0730. The minimum atomic E-state index is -0.0671. The number of rotatable bonds is 6. The third-order valence-electron chi connectivity index (χ3n) is 3.34. The SMILES string of the molecule is CCC(CC)CN(CC)C(=O)c1ncccc1N. The highest BCUT2D eigenvalue weighted by Gasteiger charge is 2.20. The Morgan fingerprint density at radius 2 is 2.06 bits per heavy atom. The van der Waals surface area contributed by atoms with E-state index >= 15 is 0 Å². The molecule has 4 nitrogen and oxygen atoms in total. The maximum absolute atomic E-state index is 12.3. The summed E-state index contributed by atoms with van der Waals surface area (Å²) in [6.07, 6.45) is 3.77. The van der Waals surface area contributed by atoms with E-state index in [1.807, 2.05) is 11.8 Å². The Kier molecular flexibility index (Phi) is 5.62. The van der Waals surface area contributed by atoms with E-state index in [1.165, 1.54) is 0 Å². The lowest BCUT2D eigenvalue weighted by Crippen LogP contribution is -2.36. The van der Waals surface area contributed by atoms with Gasteiger partial charge in [-0.2, -0.15) is 0 Å². The zero-order valence-electron chi connectivity index (χ0n) is 11.5. The van der Waals surface area contributed by atoms with Gasteiger partial charge >= 0.3 is 0 Å². The molecule has 1 amide bonds. The van der Waals surface area contributed by atoms with E-state index in [1.54, 1.807) is 18.3 Å². The first-order valence-electron chi connectivity index (χ1n) is 6.63. The second-order valence-corrected chi connectivity index (χ2v) is 4.47. The third kappa shape index (κ3) is 3.45. The minimum absolute atomic E-state index is 0.0671. The van der Waals surface area contributed by atoms with Gasteiger partial charge in [0.05, 0.1) is 5.69 Å². The van der Waals surface area contributed by atoms with E-state index in [9.17, 15) is 4.79 Å². The van der Waals surface area contributed by atoms with Crippen LogP contribution in [0.5, 0.6) is 0 Å². The second kappa shape index (κ2) is 6.99. The van der Waals surface area contributed by atoms with Crippen LogP contribution in [0, 0.1) is 5.92 Å². The number of pyridine rings is 1. The Balaban J connectivity index is 2.83. The van der Waals surface area contributed by atoms with Crippen LogP contribution in [-0.4, -0.2) is 28.9 Å². The molecular weight excluding hydrogens is 226 g/mol. The van der Waals surface area contributed by atoms with Gasteiger partial charge in [0.15, 0.2) is 5.69 Å². The van der Waals surface area contributed by atoms with Crippen LogP contribution in [0.4, 0.5) is 5.69 Å². The summed E-state index contributed by atoms with van der Waals surface area (Å²) < 4.78 is 0. The van der Waals surface area contributed by atoms with Crippen molar-refractivity contribution in [2.45, 2.75) is 33.6 Å². The molecule has 0 saturated heterocycles. The van der Waals surface area contributed by atoms with Crippen LogP contribution < -0.4 is 5.73 Å². The number of amides is 1. The lowest BCUT2D eigenvalue weighted by atomic mass is 10.0. The molecule has 18 heavy (non-hydrogen) atoms. The molecule has 100 valence electrons. The number of nitrogen functional groups attached to an aromatic ring is 1. The summed E-state index contributed by atoms with van der Waals surface area (Å²) in [5, 5.41) is 0. The minimum Gasteiger partial charge on any atom is -0.397 e. The fraction of sp³-hybridized carbons (Fsp3) is 0.571. The molecule has 0 aliphatic carbocycles. The molecular formula is C14H23N3O. The number of hydrogen-bond acceptors (Lipinski definition) is 3. The van der Waals surface area contributed by atoms with Crippen LogP contribution in [0.1, 0.15) is 44.1 Å². The maximum atomic E-state index is 12.3. The van der Waals surface area contributed by atoms with Gasteiger partial charge in [-0.15, -0.1) is 0 Å². The zero-order valence-corrected chi connectivity index (χ0v) is 11.5. The molecule has 2 N–H and O–H groups in total. The van der Waals surface area contributed by atoms with Gasteiger partial charge in [0.1, 0.15) is 0 Å². The number of nitrogens with two attached hydrogens (primary N) is 1. The molecule has 0 spiro atoms. The molecule has 0 aliphatic rings. The quantitative estimate of drug-likeness (QED) is 0.843. The van der Waals surface area contributed by atoms with Crippen molar-refractivity contribution in [3.63, 3.8) is 0 Å². The molecule has 0 bridgehead atoms. The standard InChI is InChI=1S/C14H23N3O/c1-4-11(5-2)10-17(6-3)14(18)13-12(15)8-7-9-16-13/h7-9,11H,4-6,10,15H2,1-3H3. The van der Waals surface area contributed by atoms with Gasteiger partial charge in [-0.1, -0.05) is 26.7 Å². The fourth-order valence-electron chi connectivity index (χ4n) is 1.96. The molecule has 1 rings (SSSR count). The fourth-order valence-corrected chi connectivity index (χ4v) is 1.96. The summed E-state index contributed by atoms with van der Waals surface area (Å²) in [4.78, 5) is 18.3. The predicted molar refractivity (Wildman–Crippen MR) is 74.3 cm³/mol. The van der Waals surface area contributed by atoms with E-state index in [2.05, 4.69) is 18.8 Å². The van der Waals surface area contributed by atoms with Gasteiger partial charge < -0.3 is 10.6 Å².